The number of aromatic nitrogens is 2. The third-order valence-electron chi connectivity index (χ3n) is 2.01. The first-order valence-electron chi connectivity index (χ1n) is 4.37. The highest BCUT2D eigenvalue weighted by molar-refractivity contribution is 6.30. The molecule has 2 N–H and O–H groups in total. The van der Waals surface area contributed by atoms with Crippen LogP contribution in [0.5, 0.6) is 0 Å². The van der Waals surface area contributed by atoms with Crippen LogP contribution < -0.4 is 5.73 Å². The van der Waals surface area contributed by atoms with Crippen LogP contribution in [0.3, 0.4) is 0 Å². The molecule has 2 rings (SSSR count). The molecule has 0 spiro atoms. The SMILES string of the molecule is Nc1ccc(Cn2cc(Cl)cn2)cc1F. The van der Waals surface area contributed by atoms with Gasteiger partial charge in [-0.1, -0.05) is 17.7 Å². The number of benzene rings is 1. The van der Waals surface area contributed by atoms with Crippen molar-refractivity contribution in [3.8, 4) is 0 Å². The number of halogens is 2. The molecule has 0 aliphatic heterocycles. The van der Waals surface area contributed by atoms with E-state index in [2.05, 4.69) is 5.10 Å². The molecular formula is C10H9ClFN3. The fraction of sp³-hybridized carbons (Fsp3) is 0.100. The summed E-state index contributed by atoms with van der Waals surface area (Å²) in [4.78, 5) is 0. The second kappa shape index (κ2) is 3.90. The molecule has 0 bridgehead atoms. The zero-order chi connectivity index (χ0) is 10.8. The molecular weight excluding hydrogens is 217 g/mol. The van der Waals surface area contributed by atoms with Crippen molar-refractivity contribution in [2.45, 2.75) is 6.54 Å². The summed E-state index contributed by atoms with van der Waals surface area (Å²) in [5.74, 6) is -0.411. The molecule has 1 aromatic carbocycles. The van der Waals surface area contributed by atoms with Gasteiger partial charge in [-0.05, 0) is 17.7 Å². The van der Waals surface area contributed by atoms with Gasteiger partial charge in [-0.25, -0.2) is 4.39 Å². The smallest absolute Gasteiger partial charge is 0.146 e. The lowest BCUT2D eigenvalue weighted by Gasteiger charge is -2.03. The van der Waals surface area contributed by atoms with Gasteiger partial charge in [0, 0.05) is 6.20 Å². The van der Waals surface area contributed by atoms with E-state index in [1.54, 1.807) is 16.9 Å². The Morgan fingerprint density at radius 3 is 2.87 bits per heavy atom. The minimum Gasteiger partial charge on any atom is -0.396 e. The van der Waals surface area contributed by atoms with Crippen LogP contribution in [0.4, 0.5) is 10.1 Å². The van der Waals surface area contributed by atoms with Crippen molar-refractivity contribution >= 4 is 17.3 Å². The molecule has 15 heavy (non-hydrogen) atoms. The molecule has 0 unspecified atom stereocenters. The van der Waals surface area contributed by atoms with E-state index in [9.17, 15) is 4.39 Å². The monoisotopic (exact) mass is 225 g/mol. The van der Waals surface area contributed by atoms with Gasteiger partial charge in [-0.2, -0.15) is 5.10 Å². The lowest BCUT2D eigenvalue weighted by molar-refractivity contribution is 0.623. The molecule has 0 aliphatic rings. The van der Waals surface area contributed by atoms with Crippen molar-refractivity contribution in [1.82, 2.24) is 9.78 Å². The number of anilines is 1. The highest BCUT2D eigenvalue weighted by Crippen LogP contribution is 2.13. The molecule has 1 heterocycles. The van der Waals surface area contributed by atoms with E-state index in [1.807, 2.05) is 0 Å². The second-order valence-electron chi connectivity index (χ2n) is 3.21. The number of nitrogen functional groups attached to an aromatic ring is 1. The summed E-state index contributed by atoms with van der Waals surface area (Å²) in [7, 11) is 0. The number of hydrogen-bond donors (Lipinski definition) is 1. The van der Waals surface area contributed by atoms with Crippen LogP contribution >= 0.6 is 11.6 Å². The zero-order valence-corrected chi connectivity index (χ0v) is 8.58. The van der Waals surface area contributed by atoms with Gasteiger partial charge < -0.3 is 5.73 Å². The van der Waals surface area contributed by atoms with Gasteiger partial charge in [-0.15, -0.1) is 0 Å². The molecule has 3 nitrogen and oxygen atoms in total. The average Bonchev–Trinajstić information content (AvgIpc) is 2.58. The third-order valence-corrected chi connectivity index (χ3v) is 2.21. The lowest BCUT2D eigenvalue weighted by Crippen LogP contribution is -2.01. The van der Waals surface area contributed by atoms with E-state index in [1.165, 1.54) is 18.3 Å². The quantitative estimate of drug-likeness (QED) is 0.797. The summed E-state index contributed by atoms with van der Waals surface area (Å²) in [6.07, 6.45) is 3.21. The first kappa shape index (κ1) is 9.98. The molecule has 0 radical (unpaired) electrons. The normalized spacial score (nSPS) is 10.5. The van der Waals surface area contributed by atoms with Crippen molar-refractivity contribution in [1.29, 1.82) is 0 Å². The van der Waals surface area contributed by atoms with E-state index < -0.39 is 5.82 Å². The van der Waals surface area contributed by atoms with E-state index in [-0.39, 0.29) is 5.69 Å². The predicted molar refractivity (Wildman–Crippen MR) is 57.2 cm³/mol. The van der Waals surface area contributed by atoms with Crippen molar-refractivity contribution in [2.75, 3.05) is 5.73 Å². The maximum absolute atomic E-state index is 13.1. The fourth-order valence-corrected chi connectivity index (χ4v) is 1.44. The molecule has 2 aromatic rings. The zero-order valence-electron chi connectivity index (χ0n) is 7.82. The van der Waals surface area contributed by atoms with E-state index in [0.29, 0.717) is 11.6 Å². The third kappa shape index (κ3) is 2.27. The second-order valence-corrected chi connectivity index (χ2v) is 3.65. The Hall–Kier alpha value is -1.55. The van der Waals surface area contributed by atoms with Gasteiger partial charge in [0.15, 0.2) is 0 Å². The van der Waals surface area contributed by atoms with E-state index >= 15 is 0 Å². The van der Waals surface area contributed by atoms with Crippen LogP contribution in [-0.2, 0) is 6.54 Å². The number of rotatable bonds is 2. The number of nitrogens with zero attached hydrogens (tertiary/aromatic N) is 2. The average molecular weight is 226 g/mol. The van der Waals surface area contributed by atoms with Gasteiger partial charge >= 0.3 is 0 Å². The van der Waals surface area contributed by atoms with Crippen molar-refractivity contribution in [2.24, 2.45) is 0 Å². The van der Waals surface area contributed by atoms with Crippen molar-refractivity contribution in [3.63, 3.8) is 0 Å². The standard InChI is InChI=1S/C10H9ClFN3/c11-8-4-14-15(6-8)5-7-1-2-10(13)9(12)3-7/h1-4,6H,5,13H2. The summed E-state index contributed by atoms with van der Waals surface area (Å²) < 4.78 is 14.7. The molecule has 5 heteroatoms. The highest BCUT2D eigenvalue weighted by Gasteiger charge is 2.01. The minimum absolute atomic E-state index is 0.150. The summed E-state index contributed by atoms with van der Waals surface area (Å²) in [5, 5.41) is 4.56. The highest BCUT2D eigenvalue weighted by atomic mass is 35.5. The molecule has 0 saturated heterocycles. The van der Waals surface area contributed by atoms with Gasteiger partial charge in [0.25, 0.3) is 0 Å². The van der Waals surface area contributed by atoms with E-state index in [0.717, 1.165) is 5.56 Å². The molecule has 0 atom stereocenters. The summed E-state index contributed by atoms with van der Waals surface area (Å²) in [6.45, 7) is 0.476. The van der Waals surface area contributed by atoms with E-state index in [4.69, 9.17) is 17.3 Å². The molecule has 0 fully saturated rings. The van der Waals surface area contributed by atoms with Crippen molar-refractivity contribution < 1.29 is 4.39 Å². The van der Waals surface area contributed by atoms with Crippen LogP contribution in [0.25, 0.3) is 0 Å². The Kier molecular flexibility index (Phi) is 2.60. The Labute approximate surface area is 91.3 Å². The predicted octanol–water partition coefficient (Wildman–Crippen LogP) is 2.31. The van der Waals surface area contributed by atoms with Crippen LogP contribution in [-0.4, -0.2) is 9.78 Å². The van der Waals surface area contributed by atoms with Gasteiger partial charge in [0.2, 0.25) is 0 Å². The topological polar surface area (TPSA) is 43.8 Å². The Bertz CT molecular complexity index is 481. The molecule has 0 aliphatic carbocycles. The van der Waals surface area contributed by atoms with Crippen molar-refractivity contribution in [3.05, 3.63) is 47.0 Å². The first-order chi connectivity index (χ1) is 7.15. The van der Waals surface area contributed by atoms with Crippen LogP contribution in [0, 0.1) is 5.82 Å². The van der Waals surface area contributed by atoms with Gasteiger partial charge in [0.05, 0.1) is 23.5 Å². The molecule has 0 saturated carbocycles. The van der Waals surface area contributed by atoms with Gasteiger partial charge in [0.1, 0.15) is 5.82 Å². The Morgan fingerprint density at radius 1 is 1.47 bits per heavy atom. The maximum Gasteiger partial charge on any atom is 0.146 e. The molecule has 1 aromatic heterocycles. The molecule has 78 valence electrons. The molecule has 0 amide bonds. The maximum atomic E-state index is 13.1. The summed E-state index contributed by atoms with van der Waals surface area (Å²) in [5.41, 5.74) is 6.31. The number of nitrogens with two attached hydrogens (primary N) is 1. The summed E-state index contributed by atoms with van der Waals surface area (Å²) in [6, 6.07) is 4.69. The van der Waals surface area contributed by atoms with Crippen LogP contribution in [0.1, 0.15) is 5.56 Å². The largest absolute Gasteiger partial charge is 0.396 e. The Morgan fingerprint density at radius 2 is 2.27 bits per heavy atom. The van der Waals surface area contributed by atoms with Crippen LogP contribution in [0.15, 0.2) is 30.6 Å². The number of hydrogen-bond acceptors (Lipinski definition) is 2. The van der Waals surface area contributed by atoms with Crippen LogP contribution in [0.2, 0.25) is 5.02 Å². The lowest BCUT2D eigenvalue weighted by atomic mass is 10.2. The fourth-order valence-electron chi connectivity index (χ4n) is 1.28. The first-order valence-corrected chi connectivity index (χ1v) is 4.75. The Balaban J connectivity index is 2.21. The van der Waals surface area contributed by atoms with Gasteiger partial charge in [-0.3, -0.25) is 4.68 Å². The summed E-state index contributed by atoms with van der Waals surface area (Å²) >= 11 is 5.71. The minimum atomic E-state index is -0.411.